The minimum atomic E-state index is -3.54. The van der Waals surface area contributed by atoms with Gasteiger partial charge in [-0.05, 0) is 12.1 Å². The molecule has 1 aromatic carbocycles. The number of hydrogen-bond donors (Lipinski definition) is 1. The predicted octanol–water partition coefficient (Wildman–Crippen LogP) is -0.102. The van der Waals surface area contributed by atoms with E-state index in [0.717, 1.165) is 0 Å². The lowest BCUT2D eigenvalue weighted by molar-refractivity contribution is -0.138. The maximum atomic E-state index is 11.7. The Balaban J connectivity index is 2.39. The van der Waals surface area contributed by atoms with Crippen molar-refractivity contribution < 1.29 is 17.9 Å². The SMILES string of the molecule is COC(=O)CN=C1NS(=O)(=O)c2ccccc21. The van der Waals surface area contributed by atoms with E-state index in [0.29, 0.717) is 5.56 Å². The Morgan fingerprint density at radius 1 is 1.41 bits per heavy atom. The molecular weight excluding hydrogens is 244 g/mol. The highest BCUT2D eigenvalue weighted by molar-refractivity contribution is 7.90. The van der Waals surface area contributed by atoms with Gasteiger partial charge >= 0.3 is 5.97 Å². The molecule has 0 amide bonds. The summed E-state index contributed by atoms with van der Waals surface area (Å²) in [6, 6.07) is 6.44. The average molecular weight is 254 g/mol. The van der Waals surface area contributed by atoms with E-state index in [1.807, 2.05) is 0 Å². The highest BCUT2D eigenvalue weighted by Crippen LogP contribution is 2.21. The first-order chi connectivity index (χ1) is 8.04. The fraction of sp³-hybridized carbons (Fsp3) is 0.200. The van der Waals surface area contributed by atoms with Gasteiger partial charge in [0.05, 0.1) is 12.0 Å². The molecule has 90 valence electrons. The summed E-state index contributed by atoms with van der Waals surface area (Å²) in [6.45, 7) is -0.220. The number of benzene rings is 1. The van der Waals surface area contributed by atoms with E-state index in [2.05, 4.69) is 14.5 Å². The van der Waals surface area contributed by atoms with E-state index in [4.69, 9.17) is 0 Å². The summed E-state index contributed by atoms with van der Waals surface area (Å²) in [4.78, 5) is 15.0. The number of hydrogen-bond acceptors (Lipinski definition) is 5. The van der Waals surface area contributed by atoms with E-state index < -0.39 is 16.0 Å². The predicted molar refractivity (Wildman–Crippen MR) is 60.2 cm³/mol. The van der Waals surface area contributed by atoms with Gasteiger partial charge in [-0.3, -0.25) is 14.5 Å². The fourth-order valence-corrected chi connectivity index (χ4v) is 2.71. The van der Waals surface area contributed by atoms with Crippen LogP contribution in [0, 0.1) is 0 Å². The summed E-state index contributed by atoms with van der Waals surface area (Å²) in [5.41, 5.74) is 0.469. The Labute approximate surface area is 98.4 Å². The second-order valence-corrected chi connectivity index (χ2v) is 4.99. The third-order valence-electron chi connectivity index (χ3n) is 2.26. The van der Waals surface area contributed by atoms with Gasteiger partial charge in [0.1, 0.15) is 12.4 Å². The number of sulfonamides is 1. The molecule has 0 saturated carbocycles. The molecule has 0 spiro atoms. The Hall–Kier alpha value is -1.89. The number of carbonyl (C=O) groups excluding carboxylic acids is 1. The number of nitrogens with zero attached hydrogens (tertiary/aromatic N) is 1. The molecule has 1 N–H and O–H groups in total. The average Bonchev–Trinajstić information content (AvgIpc) is 2.59. The number of carbonyl (C=O) groups is 1. The number of fused-ring (bicyclic) bond motifs is 1. The van der Waals surface area contributed by atoms with Crippen molar-refractivity contribution in [1.29, 1.82) is 0 Å². The molecule has 17 heavy (non-hydrogen) atoms. The van der Waals surface area contributed by atoms with Gasteiger partial charge in [-0.15, -0.1) is 0 Å². The molecular formula is C10H10N2O4S. The number of rotatable bonds is 2. The van der Waals surface area contributed by atoms with Gasteiger partial charge in [-0.1, -0.05) is 12.1 Å². The van der Waals surface area contributed by atoms with E-state index in [1.165, 1.54) is 13.2 Å². The molecule has 7 heteroatoms. The highest BCUT2D eigenvalue weighted by atomic mass is 32.2. The number of nitrogens with one attached hydrogen (secondary N) is 1. The van der Waals surface area contributed by atoms with Gasteiger partial charge in [0.2, 0.25) is 0 Å². The van der Waals surface area contributed by atoms with Crippen molar-refractivity contribution in [3.8, 4) is 0 Å². The first kappa shape index (κ1) is 11.6. The van der Waals surface area contributed by atoms with E-state index >= 15 is 0 Å². The molecule has 1 aromatic rings. The lowest BCUT2D eigenvalue weighted by atomic mass is 10.2. The molecule has 6 nitrogen and oxygen atoms in total. The van der Waals surface area contributed by atoms with E-state index in [1.54, 1.807) is 18.2 Å². The van der Waals surface area contributed by atoms with Crippen LogP contribution in [0.5, 0.6) is 0 Å². The normalized spacial score (nSPS) is 18.5. The Morgan fingerprint density at radius 3 is 2.82 bits per heavy atom. The minimum absolute atomic E-state index is 0.170. The summed E-state index contributed by atoms with van der Waals surface area (Å²) >= 11 is 0. The molecule has 0 atom stereocenters. The first-order valence-electron chi connectivity index (χ1n) is 4.78. The lowest BCUT2D eigenvalue weighted by Gasteiger charge is -1.98. The molecule has 1 aliphatic rings. The summed E-state index contributed by atoms with van der Waals surface area (Å²) in [6.07, 6.45) is 0. The Bertz CT molecular complexity index is 592. The third-order valence-corrected chi connectivity index (χ3v) is 3.65. The third kappa shape index (κ3) is 2.14. The van der Waals surface area contributed by atoms with Crippen molar-refractivity contribution in [2.45, 2.75) is 4.90 Å². The summed E-state index contributed by atoms with van der Waals surface area (Å²) in [7, 11) is -2.30. The molecule has 0 saturated heterocycles. The molecule has 1 aliphatic heterocycles. The van der Waals surface area contributed by atoms with Crippen LogP contribution in [-0.2, 0) is 19.6 Å². The lowest BCUT2D eigenvalue weighted by Crippen LogP contribution is -2.23. The summed E-state index contributed by atoms with van der Waals surface area (Å²) in [5, 5.41) is 0. The van der Waals surface area contributed by atoms with Crippen molar-refractivity contribution in [1.82, 2.24) is 4.72 Å². The number of aliphatic imine (C=N–C) groups is 1. The van der Waals surface area contributed by atoms with Gasteiger partial charge in [0, 0.05) is 5.56 Å². The monoisotopic (exact) mass is 254 g/mol. The van der Waals surface area contributed by atoms with Crippen LogP contribution in [-0.4, -0.2) is 33.9 Å². The second kappa shape index (κ2) is 4.17. The zero-order chi connectivity index (χ0) is 12.5. The van der Waals surface area contributed by atoms with Gasteiger partial charge < -0.3 is 4.74 Å². The maximum absolute atomic E-state index is 11.7. The van der Waals surface area contributed by atoms with Crippen LogP contribution in [0.1, 0.15) is 5.56 Å². The zero-order valence-electron chi connectivity index (χ0n) is 9.00. The summed E-state index contributed by atoms with van der Waals surface area (Å²) in [5.74, 6) is -0.355. The van der Waals surface area contributed by atoms with Crippen molar-refractivity contribution in [2.24, 2.45) is 4.99 Å². The van der Waals surface area contributed by atoms with Crippen LogP contribution in [0.2, 0.25) is 0 Å². The molecule has 1 heterocycles. The van der Waals surface area contributed by atoms with Gasteiger partial charge in [0.25, 0.3) is 10.0 Å². The van der Waals surface area contributed by atoms with Crippen molar-refractivity contribution in [3.63, 3.8) is 0 Å². The molecule has 0 unspecified atom stereocenters. The standard InChI is InChI=1S/C10H10N2O4S/c1-16-9(13)6-11-10-7-4-2-3-5-8(7)17(14,15)12-10/h2-5H,6H2,1H3,(H,11,12). The Kier molecular flexibility index (Phi) is 2.84. The van der Waals surface area contributed by atoms with Gasteiger partial charge in [0.15, 0.2) is 0 Å². The molecule has 0 aromatic heterocycles. The van der Waals surface area contributed by atoms with Crippen molar-refractivity contribution in [2.75, 3.05) is 13.7 Å². The molecule has 0 fully saturated rings. The second-order valence-electron chi connectivity index (χ2n) is 3.34. The summed E-state index contributed by atoms with van der Waals surface area (Å²) < 4.78 is 30.1. The number of amidine groups is 1. The fourth-order valence-electron chi connectivity index (χ4n) is 1.46. The van der Waals surface area contributed by atoms with Crippen LogP contribution in [0.3, 0.4) is 0 Å². The van der Waals surface area contributed by atoms with Gasteiger partial charge in [-0.25, -0.2) is 8.42 Å². The largest absolute Gasteiger partial charge is 0.468 e. The smallest absolute Gasteiger partial charge is 0.327 e. The molecule has 0 bridgehead atoms. The first-order valence-corrected chi connectivity index (χ1v) is 6.26. The van der Waals surface area contributed by atoms with Crippen LogP contribution < -0.4 is 4.72 Å². The Morgan fingerprint density at radius 2 is 2.12 bits per heavy atom. The van der Waals surface area contributed by atoms with E-state index in [9.17, 15) is 13.2 Å². The van der Waals surface area contributed by atoms with Crippen LogP contribution in [0.15, 0.2) is 34.2 Å². The van der Waals surface area contributed by atoms with Crippen molar-refractivity contribution in [3.05, 3.63) is 29.8 Å². The van der Waals surface area contributed by atoms with Gasteiger partial charge in [-0.2, -0.15) is 0 Å². The quantitative estimate of drug-likeness (QED) is 0.747. The topological polar surface area (TPSA) is 84.8 Å². The maximum Gasteiger partial charge on any atom is 0.327 e. The minimum Gasteiger partial charge on any atom is -0.468 e. The van der Waals surface area contributed by atoms with E-state index in [-0.39, 0.29) is 17.3 Å². The number of esters is 1. The number of methoxy groups -OCH3 is 1. The molecule has 0 aliphatic carbocycles. The van der Waals surface area contributed by atoms with Crippen molar-refractivity contribution >= 4 is 21.8 Å². The molecule has 0 radical (unpaired) electrons. The highest BCUT2D eigenvalue weighted by Gasteiger charge is 2.30. The molecule has 2 rings (SSSR count). The van der Waals surface area contributed by atoms with Crippen LogP contribution >= 0.6 is 0 Å². The van der Waals surface area contributed by atoms with Crippen LogP contribution in [0.4, 0.5) is 0 Å². The zero-order valence-corrected chi connectivity index (χ0v) is 9.82. The van der Waals surface area contributed by atoms with Crippen LogP contribution in [0.25, 0.3) is 0 Å². The number of ether oxygens (including phenoxy) is 1.